The molecule has 1 nitrogen and oxygen atoms in total. The van der Waals surface area contributed by atoms with Gasteiger partial charge in [-0.2, -0.15) is 0 Å². The molecule has 0 N–H and O–H groups in total. The van der Waals surface area contributed by atoms with Gasteiger partial charge in [0.1, 0.15) is 0 Å². The molecule has 0 aliphatic heterocycles. The second-order valence-electron chi connectivity index (χ2n) is 4.64. The second kappa shape index (κ2) is 10.3. The first-order chi connectivity index (χ1) is 7.87. The van der Waals surface area contributed by atoms with Gasteiger partial charge in [-0.25, -0.2) is 0 Å². The Hall–Kier alpha value is -0.820. The highest BCUT2D eigenvalue weighted by molar-refractivity contribution is 5.23. The molecule has 1 heteroatoms. The molecule has 0 bridgehead atoms. The highest BCUT2D eigenvalue weighted by atomic mass is 16.5. The third kappa shape index (κ3) is 13.1. The topological polar surface area (TPSA) is 9.23 Å². The van der Waals surface area contributed by atoms with Crippen LogP contribution in [0.15, 0.2) is 36.5 Å². The summed E-state index contributed by atoms with van der Waals surface area (Å²) in [7, 11) is 0. The molecular weight excluding hydrogens is 208 g/mol. The van der Waals surface area contributed by atoms with Crippen LogP contribution in [0.5, 0.6) is 0 Å². The third-order valence-electron chi connectivity index (χ3n) is 2.10. The van der Waals surface area contributed by atoms with Gasteiger partial charge in [-0.1, -0.05) is 58.1 Å². The summed E-state index contributed by atoms with van der Waals surface area (Å²) in [5.74, 6) is 0. The van der Waals surface area contributed by atoms with E-state index in [1.165, 1.54) is 0 Å². The molecule has 0 aliphatic carbocycles. The van der Waals surface area contributed by atoms with E-state index in [1.807, 2.05) is 32.9 Å². The van der Waals surface area contributed by atoms with Gasteiger partial charge in [-0.05, 0) is 32.8 Å². The lowest BCUT2D eigenvalue weighted by molar-refractivity contribution is -0.0100. The van der Waals surface area contributed by atoms with Gasteiger partial charge in [0.25, 0.3) is 0 Å². The quantitative estimate of drug-likeness (QED) is 0.547. The zero-order chi connectivity index (χ0) is 13.9. The number of hydrogen-bond donors (Lipinski definition) is 0. The Kier molecular flexibility index (Phi) is 11.3. The smallest absolute Gasteiger partial charge is 0.0718 e. The maximum absolute atomic E-state index is 5.78. The minimum absolute atomic E-state index is 0.0469. The minimum Gasteiger partial charge on any atom is -0.371 e. The Morgan fingerprint density at radius 2 is 1.71 bits per heavy atom. The van der Waals surface area contributed by atoms with Crippen molar-refractivity contribution in [3.63, 3.8) is 0 Å². The molecule has 0 saturated heterocycles. The number of allylic oxidation sites excluding steroid dienone is 2. The van der Waals surface area contributed by atoms with Crippen LogP contribution in [0.2, 0.25) is 0 Å². The van der Waals surface area contributed by atoms with Crippen LogP contribution in [-0.2, 0) is 4.74 Å². The molecule has 0 saturated carbocycles. The molecule has 0 radical (unpaired) electrons. The average molecular weight is 238 g/mol. The van der Waals surface area contributed by atoms with Crippen molar-refractivity contribution in [3.05, 3.63) is 36.5 Å². The molecule has 0 unspecified atom stereocenters. The van der Waals surface area contributed by atoms with Crippen LogP contribution in [0.3, 0.4) is 0 Å². The van der Waals surface area contributed by atoms with E-state index >= 15 is 0 Å². The normalized spacial score (nSPS) is 10.9. The molecule has 17 heavy (non-hydrogen) atoms. The van der Waals surface area contributed by atoms with Crippen LogP contribution in [0.4, 0.5) is 0 Å². The Morgan fingerprint density at radius 1 is 1.18 bits per heavy atom. The largest absolute Gasteiger partial charge is 0.371 e. The first-order valence-corrected chi connectivity index (χ1v) is 6.52. The zero-order valence-corrected chi connectivity index (χ0v) is 12.6. The molecule has 0 aromatic rings. The van der Waals surface area contributed by atoms with Gasteiger partial charge >= 0.3 is 0 Å². The van der Waals surface area contributed by atoms with Crippen molar-refractivity contribution in [1.29, 1.82) is 0 Å². The van der Waals surface area contributed by atoms with Crippen molar-refractivity contribution in [2.45, 2.75) is 60.0 Å². The summed E-state index contributed by atoms with van der Waals surface area (Å²) < 4.78 is 5.78. The predicted molar refractivity (Wildman–Crippen MR) is 79.4 cm³/mol. The van der Waals surface area contributed by atoms with Crippen LogP contribution in [0.25, 0.3) is 0 Å². The van der Waals surface area contributed by atoms with E-state index in [4.69, 9.17) is 4.74 Å². The number of hydrogen-bond acceptors (Lipinski definition) is 1. The summed E-state index contributed by atoms with van der Waals surface area (Å²) in [6.07, 6.45) is 6.13. The predicted octanol–water partition coefficient (Wildman–Crippen LogP) is 5.30. The minimum atomic E-state index is -0.0469. The Labute approximate surface area is 108 Å². The van der Waals surface area contributed by atoms with E-state index in [1.54, 1.807) is 0 Å². The Morgan fingerprint density at radius 3 is 2.12 bits per heavy atom. The van der Waals surface area contributed by atoms with Crippen LogP contribution in [0.1, 0.15) is 54.4 Å². The van der Waals surface area contributed by atoms with E-state index in [0.29, 0.717) is 6.61 Å². The van der Waals surface area contributed by atoms with Crippen molar-refractivity contribution in [2.75, 3.05) is 6.61 Å². The molecule has 0 aromatic heterocycles. The fraction of sp³-hybridized carbons (Fsp3) is 0.625. The average Bonchev–Trinajstić information content (AvgIpc) is 2.26. The maximum atomic E-state index is 5.78. The molecular formula is C16H30O. The molecule has 0 atom stereocenters. The SMILES string of the molecule is C=C(C)/C=C\C(=C)COC(C)(C)CCC.CC. The fourth-order valence-electron chi connectivity index (χ4n) is 1.27. The van der Waals surface area contributed by atoms with Crippen molar-refractivity contribution in [1.82, 2.24) is 0 Å². The van der Waals surface area contributed by atoms with E-state index in [2.05, 4.69) is 33.9 Å². The first-order valence-electron chi connectivity index (χ1n) is 6.52. The molecule has 0 rings (SSSR count). The van der Waals surface area contributed by atoms with Crippen LogP contribution in [-0.4, -0.2) is 12.2 Å². The molecule has 0 aromatic carbocycles. The van der Waals surface area contributed by atoms with E-state index in [-0.39, 0.29) is 5.60 Å². The third-order valence-corrected chi connectivity index (χ3v) is 2.10. The van der Waals surface area contributed by atoms with Gasteiger partial charge in [0.05, 0.1) is 12.2 Å². The van der Waals surface area contributed by atoms with Gasteiger partial charge in [-0.3, -0.25) is 0 Å². The van der Waals surface area contributed by atoms with Gasteiger partial charge in [0.2, 0.25) is 0 Å². The maximum Gasteiger partial charge on any atom is 0.0718 e. The van der Waals surface area contributed by atoms with Crippen molar-refractivity contribution >= 4 is 0 Å². The van der Waals surface area contributed by atoms with Crippen molar-refractivity contribution in [2.24, 2.45) is 0 Å². The Balaban J connectivity index is 0. The van der Waals surface area contributed by atoms with Gasteiger partial charge < -0.3 is 4.74 Å². The summed E-state index contributed by atoms with van der Waals surface area (Å²) in [5.41, 5.74) is 1.97. The van der Waals surface area contributed by atoms with Gasteiger partial charge in [0.15, 0.2) is 0 Å². The lowest BCUT2D eigenvalue weighted by Crippen LogP contribution is -2.24. The van der Waals surface area contributed by atoms with E-state index < -0.39 is 0 Å². The number of ether oxygens (including phenoxy) is 1. The lowest BCUT2D eigenvalue weighted by Gasteiger charge is -2.24. The summed E-state index contributed by atoms with van der Waals surface area (Å²) in [6, 6.07) is 0. The second-order valence-corrected chi connectivity index (χ2v) is 4.64. The fourth-order valence-corrected chi connectivity index (χ4v) is 1.27. The molecule has 0 heterocycles. The lowest BCUT2D eigenvalue weighted by atomic mass is 10.0. The summed E-state index contributed by atoms with van der Waals surface area (Å²) in [6.45, 7) is 20.7. The van der Waals surface area contributed by atoms with Crippen LogP contribution < -0.4 is 0 Å². The van der Waals surface area contributed by atoms with Gasteiger partial charge in [0, 0.05) is 0 Å². The van der Waals surface area contributed by atoms with Crippen molar-refractivity contribution < 1.29 is 4.74 Å². The summed E-state index contributed by atoms with van der Waals surface area (Å²) in [4.78, 5) is 0. The highest BCUT2D eigenvalue weighted by Gasteiger charge is 2.16. The highest BCUT2D eigenvalue weighted by Crippen LogP contribution is 2.17. The van der Waals surface area contributed by atoms with Crippen LogP contribution in [0, 0.1) is 0 Å². The monoisotopic (exact) mass is 238 g/mol. The first kappa shape index (κ1) is 18.5. The van der Waals surface area contributed by atoms with Crippen LogP contribution >= 0.6 is 0 Å². The molecule has 0 amide bonds. The summed E-state index contributed by atoms with van der Waals surface area (Å²) >= 11 is 0. The summed E-state index contributed by atoms with van der Waals surface area (Å²) in [5, 5.41) is 0. The van der Waals surface area contributed by atoms with E-state index in [9.17, 15) is 0 Å². The molecule has 0 aliphatic rings. The zero-order valence-electron chi connectivity index (χ0n) is 12.6. The van der Waals surface area contributed by atoms with Gasteiger partial charge in [-0.15, -0.1) is 0 Å². The standard InChI is InChI=1S/C14H24O.C2H6/c1-7-10-14(5,6)15-11-13(4)9-8-12(2)3;1-2/h8-9H,2,4,7,10-11H2,1,3,5-6H3;1-2H3/b9-8-;. The number of rotatable bonds is 7. The Bertz CT molecular complexity index is 246. The van der Waals surface area contributed by atoms with Crippen molar-refractivity contribution in [3.8, 4) is 0 Å². The van der Waals surface area contributed by atoms with E-state index in [0.717, 1.165) is 24.0 Å². The molecule has 0 spiro atoms. The molecule has 100 valence electrons. The molecule has 0 fully saturated rings.